The maximum absolute atomic E-state index is 12.6. The summed E-state index contributed by atoms with van der Waals surface area (Å²) in [6.07, 6.45) is 0. The summed E-state index contributed by atoms with van der Waals surface area (Å²) in [6, 6.07) is 8.75. The number of halogens is 2. The third-order valence-corrected chi connectivity index (χ3v) is 4.37. The van der Waals surface area contributed by atoms with E-state index in [-0.39, 0.29) is 5.78 Å². The van der Waals surface area contributed by atoms with Crippen molar-refractivity contribution in [1.82, 2.24) is 0 Å². The van der Waals surface area contributed by atoms with Crippen molar-refractivity contribution < 1.29 is 14.3 Å². The van der Waals surface area contributed by atoms with Crippen molar-refractivity contribution in [3.63, 3.8) is 0 Å². The summed E-state index contributed by atoms with van der Waals surface area (Å²) in [4.78, 5) is 12.6. The SMILES string of the molecule is Cc1ccc(C(=O)c2cc3c(cc2Br)OCCO3)cc1Cl. The minimum Gasteiger partial charge on any atom is -0.486 e. The van der Waals surface area contributed by atoms with E-state index in [1.165, 1.54) is 0 Å². The first kappa shape index (κ1) is 14.4. The van der Waals surface area contributed by atoms with Gasteiger partial charge in [-0.2, -0.15) is 0 Å². The lowest BCUT2D eigenvalue weighted by molar-refractivity contribution is 0.103. The quantitative estimate of drug-likeness (QED) is 0.737. The molecule has 1 aliphatic rings. The lowest BCUT2D eigenvalue weighted by Gasteiger charge is -2.19. The third-order valence-electron chi connectivity index (χ3n) is 3.31. The third kappa shape index (κ3) is 2.78. The summed E-state index contributed by atoms with van der Waals surface area (Å²) in [5.41, 5.74) is 2.01. The molecule has 21 heavy (non-hydrogen) atoms. The molecule has 1 heterocycles. The Bertz CT molecular complexity index is 728. The molecular formula is C16H12BrClO3. The number of ether oxygens (including phenoxy) is 2. The van der Waals surface area contributed by atoms with Crippen LogP contribution in [0.1, 0.15) is 21.5 Å². The van der Waals surface area contributed by atoms with Crippen LogP contribution >= 0.6 is 27.5 Å². The van der Waals surface area contributed by atoms with E-state index in [1.54, 1.807) is 24.3 Å². The number of hydrogen-bond acceptors (Lipinski definition) is 3. The zero-order valence-electron chi connectivity index (χ0n) is 11.3. The van der Waals surface area contributed by atoms with E-state index >= 15 is 0 Å². The summed E-state index contributed by atoms with van der Waals surface area (Å²) in [6.45, 7) is 2.90. The van der Waals surface area contributed by atoms with Crippen LogP contribution < -0.4 is 9.47 Å². The van der Waals surface area contributed by atoms with Gasteiger partial charge in [-0.15, -0.1) is 0 Å². The molecule has 0 N–H and O–H groups in total. The molecule has 0 saturated heterocycles. The molecule has 2 aromatic carbocycles. The summed E-state index contributed by atoms with van der Waals surface area (Å²) in [5, 5.41) is 0.578. The molecule has 3 nitrogen and oxygen atoms in total. The van der Waals surface area contributed by atoms with Crippen molar-refractivity contribution in [1.29, 1.82) is 0 Å². The number of ketones is 1. The Balaban J connectivity index is 2.03. The van der Waals surface area contributed by atoms with Crippen LogP contribution in [0.15, 0.2) is 34.8 Å². The zero-order chi connectivity index (χ0) is 15.0. The predicted octanol–water partition coefficient (Wildman–Crippen LogP) is 4.41. The predicted molar refractivity (Wildman–Crippen MR) is 84.8 cm³/mol. The molecule has 5 heteroatoms. The number of carbonyl (C=O) groups is 1. The van der Waals surface area contributed by atoms with Gasteiger partial charge >= 0.3 is 0 Å². The van der Waals surface area contributed by atoms with Gasteiger partial charge in [0.1, 0.15) is 13.2 Å². The van der Waals surface area contributed by atoms with Crippen LogP contribution in [0.4, 0.5) is 0 Å². The Hall–Kier alpha value is -1.52. The highest BCUT2D eigenvalue weighted by atomic mass is 79.9. The number of fused-ring (bicyclic) bond motifs is 1. The van der Waals surface area contributed by atoms with E-state index in [0.29, 0.717) is 45.3 Å². The first-order valence-electron chi connectivity index (χ1n) is 6.46. The van der Waals surface area contributed by atoms with Crippen LogP contribution in [0, 0.1) is 6.92 Å². The Morgan fingerprint density at radius 3 is 2.48 bits per heavy atom. The maximum Gasteiger partial charge on any atom is 0.194 e. The highest BCUT2D eigenvalue weighted by molar-refractivity contribution is 9.10. The molecule has 0 aliphatic carbocycles. The minimum atomic E-state index is -0.110. The van der Waals surface area contributed by atoms with Gasteiger partial charge in [0.15, 0.2) is 17.3 Å². The molecular weight excluding hydrogens is 356 g/mol. The van der Waals surface area contributed by atoms with Gasteiger partial charge in [0, 0.05) is 20.6 Å². The molecule has 1 aliphatic heterocycles. The second kappa shape index (κ2) is 5.70. The summed E-state index contributed by atoms with van der Waals surface area (Å²) in [7, 11) is 0. The van der Waals surface area contributed by atoms with E-state index < -0.39 is 0 Å². The van der Waals surface area contributed by atoms with E-state index in [9.17, 15) is 4.79 Å². The Morgan fingerprint density at radius 2 is 1.81 bits per heavy atom. The van der Waals surface area contributed by atoms with Crippen molar-refractivity contribution in [3.8, 4) is 11.5 Å². The van der Waals surface area contributed by atoms with Crippen molar-refractivity contribution in [2.24, 2.45) is 0 Å². The van der Waals surface area contributed by atoms with Gasteiger partial charge < -0.3 is 9.47 Å². The average Bonchev–Trinajstić information content (AvgIpc) is 2.48. The highest BCUT2D eigenvalue weighted by Crippen LogP contribution is 2.36. The molecule has 0 unspecified atom stereocenters. The van der Waals surface area contributed by atoms with Crippen molar-refractivity contribution in [2.45, 2.75) is 6.92 Å². The van der Waals surface area contributed by atoms with Crippen LogP contribution in [0.25, 0.3) is 0 Å². The number of carbonyl (C=O) groups excluding carboxylic acids is 1. The van der Waals surface area contributed by atoms with E-state index in [1.807, 2.05) is 13.0 Å². The van der Waals surface area contributed by atoms with Crippen molar-refractivity contribution in [2.75, 3.05) is 13.2 Å². The standard InChI is InChI=1S/C16H12BrClO3/c1-9-2-3-10(6-13(9)18)16(19)11-7-14-15(8-12(11)17)21-5-4-20-14/h2-3,6-8H,4-5H2,1H3. The summed E-state index contributed by atoms with van der Waals surface area (Å²) >= 11 is 9.51. The monoisotopic (exact) mass is 366 g/mol. The summed E-state index contributed by atoms with van der Waals surface area (Å²) < 4.78 is 11.7. The molecule has 0 amide bonds. The Kier molecular flexibility index (Phi) is 3.91. The molecule has 0 spiro atoms. The molecule has 0 aromatic heterocycles. The normalized spacial score (nSPS) is 13.1. The second-order valence-corrected chi connectivity index (χ2v) is 6.03. The van der Waals surface area contributed by atoms with E-state index in [4.69, 9.17) is 21.1 Å². The lowest BCUT2D eigenvalue weighted by atomic mass is 10.0. The average molecular weight is 368 g/mol. The summed E-state index contributed by atoms with van der Waals surface area (Å²) in [5.74, 6) is 1.12. The van der Waals surface area contributed by atoms with E-state index in [0.717, 1.165) is 5.56 Å². The molecule has 0 fully saturated rings. The van der Waals surface area contributed by atoms with Crippen LogP contribution in [0.3, 0.4) is 0 Å². The number of benzene rings is 2. The van der Waals surface area contributed by atoms with Gasteiger partial charge in [-0.25, -0.2) is 0 Å². The molecule has 108 valence electrons. The highest BCUT2D eigenvalue weighted by Gasteiger charge is 2.20. The fraction of sp³-hybridized carbons (Fsp3) is 0.188. The zero-order valence-corrected chi connectivity index (χ0v) is 13.6. The van der Waals surface area contributed by atoms with Gasteiger partial charge in [-0.05, 0) is 46.6 Å². The number of hydrogen-bond donors (Lipinski definition) is 0. The first-order valence-corrected chi connectivity index (χ1v) is 7.63. The lowest BCUT2D eigenvalue weighted by Crippen LogP contribution is -2.16. The van der Waals surface area contributed by atoms with Crippen LogP contribution in [0.2, 0.25) is 5.02 Å². The second-order valence-electron chi connectivity index (χ2n) is 4.77. The van der Waals surface area contributed by atoms with Gasteiger partial charge in [0.25, 0.3) is 0 Å². The molecule has 3 rings (SSSR count). The van der Waals surface area contributed by atoms with Crippen molar-refractivity contribution >= 4 is 33.3 Å². The largest absolute Gasteiger partial charge is 0.486 e. The van der Waals surface area contributed by atoms with Crippen molar-refractivity contribution in [3.05, 3.63) is 56.5 Å². The van der Waals surface area contributed by atoms with E-state index in [2.05, 4.69) is 15.9 Å². The maximum atomic E-state index is 12.6. The Morgan fingerprint density at radius 1 is 1.14 bits per heavy atom. The fourth-order valence-electron chi connectivity index (χ4n) is 2.13. The van der Waals surface area contributed by atoms with Gasteiger partial charge in [-0.1, -0.05) is 23.7 Å². The van der Waals surface area contributed by atoms with Crippen LogP contribution in [-0.2, 0) is 0 Å². The Labute approximate surface area is 136 Å². The molecule has 2 aromatic rings. The minimum absolute atomic E-state index is 0.110. The smallest absolute Gasteiger partial charge is 0.194 e. The van der Waals surface area contributed by atoms with Crippen LogP contribution in [-0.4, -0.2) is 19.0 Å². The molecule has 0 saturated carbocycles. The molecule has 0 atom stereocenters. The fourth-order valence-corrected chi connectivity index (χ4v) is 2.81. The topological polar surface area (TPSA) is 35.5 Å². The van der Waals surface area contributed by atoms with Gasteiger partial charge in [0.2, 0.25) is 0 Å². The first-order chi connectivity index (χ1) is 10.1. The molecule has 0 bridgehead atoms. The number of aryl methyl sites for hydroxylation is 1. The van der Waals surface area contributed by atoms with Crippen LogP contribution in [0.5, 0.6) is 11.5 Å². The van der Waals surface area contributed by atoms with Gasteiger partial charge in [0.05, 0.1) is 0 Å². The molecule has 0 radical (unpaired) electrons. The number of rotatable bonds is 2. The van der Waals surface area contributed by atoms with Gasteiger partial charge in [-0.3, -0.25) is 4.79 Å².